The van der Waals surface area contributed by atoms with E-state index in [1.165, 1.54) is 44.6 Å². The summed E-state index contributed by atoms with van der Waals surface area (Å²) in [7, 11) is 0. The zero-order chi connectivity index (χ0) is 23.3. The Labute approximate surface area is 196 Å². The predicted molar refractivity (Wildman–Crippen MR) is 129 cm³/mol. The van der Waals surface area contributed by atoms with E-state index in [0.29, 0.717) is 29.5 Å². The van der Waals surface area contributed by atoms with Crippen LogP contribution in [0.25, 0.3) is 0 Å². The van der Waals surface area contributed by atoms with Gasteiger partial charge in [0, 0.05) is 18.9 Å². The van der Waals surface area contributed by atoms with Crippen molar-refractivity contribution in [3.8, 4) is 0 Å². The molecule has 180 valence electrons. The van der Waals surface area contributed by atoms with E-state index in [1.807, 2.05) is 0 Å². The third-order valence-electron chi connectivity index (χ3n) is 10.3. The van der Waals surface area contributed by atoms with E-state index in [2.05, 4.69) is 34.6 Å². The van der Waals surface area contributed by atoms with Gasteiger partial charge in [0.2, 0.25) is 0 Å². The van der Waals surface area contributed by atoms with Gasteiger partial charge >= 0.3 is 5.97 Å². The molecule has 0 aliphatic heterocycles. The third kappa shape index (κ3) is 4.11. The topological polar surface area (TPSA) is 43.4 Å². The normalized spacial score (nSPS) is 40.0. The lowest BCUT2D eigenvalue weighted by Crippen LogP contribution is -2.49. The summed E-state index contributed by atoms with van der Waals surface area (Å²) in [4.78, 5) is 25.0. The molecule has 0 saturated heterocycles. The van der Waals surface area contributed by atoms with E-state index in [9.17, 15) is 9.59 Å². The Hall–Kier alpha value is -1.12. The van der Waals surface area contributed by atoms with Crippen LogP contribution in [0.3, 0.4) is 0 Å². The molecule has 4 aliphatic carbocycles. The highest BCUT2D eigenvalue weighted by molar-refractivity contribution is 6.00. The highest BCUT2D eigenvalue weighted by Gasteiger charge is 2.58. The number of rotatable bonds is 6. The molecule has 0 aromatic carbocycles. The fraction of sp³-hybridized carbons (Fsp3) is 0.862. The monoisotopic (exact) mass is 442 g/mol. The van der Waals surface area contributed by atoms with Crippen molar-refractivity contribution in [2.75, 3.05) is 0 Å². The zero-order valence-corrected chi connectivity index (χ0v) is 21.5. The number of ether oxygens (including phenoxy) is 1. The smallest absolute Gasteiger partial charge is 0.302 e. The summed E-state index contributed by atoms with van der Waals surface area (Å²) < 4.78 is 5.61. The van der Waals surface area contributed by atoms with E-state index < -0.39 is 0 Å². The molecule has 0 aromatic rings. The first-order valence-corrected chi connectivity index (χ1v) is 13.5. The summed E-state index contributed by atoms with van der Waals surface area (Å²) in [5, 5.41) is 0. The maximum absolute atomic E-state index is 13.5. The lowest BCUT2D eigenvalue weighted by molar-refractivity contribution is -0.152. The van der Waals surface area contributed by atoms with Crippen LogP contribution in [0.4, 0.5) is 0 Å². The van der Waals surface area contributed by atoms with Gasteiger partial charge in [-0.3, -0.25) is 9.59 Å². The first-order chi connectivity index (χ1) is 15.1. The summed E-state index contributed by atoms with van der Waals surface area (Å²) in [5.41, 5.74) is 3.18. The van der Waals surface area contributed by atoms with Crippen molar-refractivity contribution >= 4 is 11.8 Å². The number of carbonyl (C=O) groups is 2. The molecular formula is C29H46O3. The number of fused-ring (bicyclic) bond motifs is 4. The summed E-state index contributed by atoms with van der Waals surface area (Å²) in [5.74, 6) is 3.42. The second kappa shape index (κ2) is 8.91. The Morgan fingerprint density at radius 1 is 1.09 bits per heavy atom. The molecule has 3 saturated carbocycles. The van der Waals surface area contributed by atoms with Gasteiger partial charge in [0.05, 0.1) is 0 Å². The Morgan fingerprint density at radius 3 is 2.53 bits per heavy atom. The molecule has 0 heterocycles. The Morgan fingerprint density at radius 2 is 1.84 bits per heavy atom. The van der Waals surface area contributed by atoms with E-state index in [4.69, 9.17) is 4.74 Å². The minimum atomic E-state index is -0.143. The van der Waals surface area contributed by atoms with Crippen molar-refractivity contribution in [3.63, 3.8) is 0 Å². The van der Waals surface area contributed by atoms with Crippen molar-refractivity contribution in [2.45, 2.75) is 118 Å². The molecule has 7 atom stereocenters. The van der Waals surface area contributed by atoms with Gasteiger partial charge in [-0.1, -0.05) is 59.5 Å². The Bertz CT molecular complexity index is 779. The van der Waals surface area contributed by atoms with Gasteiger partial charge in [0.15, 0.2) is 5.78 Å². The maximum Gasteiger partial charge on any atom is 0.302 e. The molecule has 0 N–H and O–H groups in total. The van der Waals surface area contributed by atoms with Crippen LogP contribution in [0.1, 0.15) is 112 Å². The number of hydrogen-bond donors (Lipinski definition) is 0. The van der Waals surface area contributed by atoms with Gasteiger partial charge in [0.25, 0.3) is 0 Å². The molecule has 4 aliphatic rings. The van der Waals surface area contributed by atoms with Gasteiger partial charge in [-0.05, 0) is 85.4 Å². The van der Waals surface area contributed by atoms with Gasteiger partial charge in [-0.25, -0.2) is 0 Å². The predicted octanol–water partition coefficient (Wildman–Crippen LogP) is 7.28. The van der Waals surface area contributed by atoms with Gasteiger partial charge < -0.3 is 4.74 Å². The average molecular weight is 443 g/mol. The number of hydrogen-bond acceptors (Lipinski definition) is 3. The number of ketones is 1. The van der Waals surface area contributed by atoms with Crippen LogP contribution in [0.15, 0.2) is 11.1 Å². The second-order valence-corrected chi connectivity index (χ2v) is 12.7. The fourth-order valence-corrected chi connectivity index (χ4v) is 8.54. The average Bonchev–Trinajstić information content (AvgIpc) is 2.98. The highest BCUT2D eigenvalue weighted by atomic mass is 16.5. The van der Waals surface area contributed by atoms with Crippen molar-refractivity contribution in [1.82, 2.24) is 0 Å². The molecule has 2 unspecified atom stereocenters. The molecular weight excluding hydrogens is 396 g/mol. The molecule has 0 aromatic heterocycles. The van der Waals surface area contributed by atoms with E-state index >= 15 is 0 Å². The number of esters is 1. The van der Waals surface area contributed by atoms with Gasteiger partial charge in [-0.2, -0.15) is 0 Å². The van der Waals surface area contributed by atoms with Crippen LogP contribution < -0.4 is 0 Å². The first kappa shape index (κ1) is 24.0. The van der Waals surface area contributed by atoms with E-state index in [-0.39, 0.29) is 22.9 Å². The standard InChI is InChI=1S/C29H46O3/c1-18(2)8-7-9-19(3)25-17-26(31)27-23-11-10-21-16-22(32-20(4)30)12-14-28(21,5)24(23)13-15-29(25,27)6/h18-19,21-22,24-25H,7-17H2,1-6H3/t19-,21?,22?,24+,25-,28+,29-/m1/s1. The number of Topliss-reactive ketones (excluding diaryl/α,β-unsaturated/α-hetero) is 1. The van der Waals surface area contributed by atoms with E-state index in [0.717, 1.165) is 44.4 Å². The SMILES string of the molecule is CC(=O)OC1CC[C@@]2(C)C(CCC3=C4C(=O)C[C@H]([C@H](C)CCCC(C)C)[C@@]4(C)CC[C@@H]32)C1. The molecule has 3 nitrogen and oxygen atoms in total. The highest BCUT2D eigenvalue weighted by Crippen LogP contribution is 2.65. The quantitative estimate of drug-likeness (QED) is 0.406. The van der Waals surface area contributed by atoms with E-state index in [1.54, 1.807) is 5.57 Å². The van der Waals surface area contributed by atoms with Crippen LogP contribution in [-0.2, 0) is 14.3 Å². The van der Waals surface area contributed by atoms with Crippen LogP contribution in [0.5, 0.6) is 0 Å². The number of carbonyl (C=O) groups excluding carboxylic acids is 2. The van der Waals surface area contributed by atoms with Crippen molar-refractivity contribution in [3.05, 3.63) is 11.1 Å². The fourth-order valence-electron chi connectivity index (χ4n) is 8.54. The summed E-state index contributed by atoms with van der Waals surface area (Å²) in [6.45, 7) is 13.5. The molecule has 3 heteroatoms. The molecule has 32 heavy (non-hydrogen) atoms. The van der Waals surface area contributed by atoms with Crippen molar-refractivity contribution in [2.24, 2.45) is 40.4 Å². The number of allylic oxidation sites excluding steroid dienone is 2. The molecule has 0 bridgehead atoms. The Kier molecular flexibility index (Phi) is 6.69. The molecule has 3 fully saturated rings. The van der Waals surface area contributed by atoms with Crippen LogP contribution in [0.2, 0.25) is 0 Å². The maximum atomic E-state index is 13.5. The zero-order valence-electron chi connectivity index (χ0n) is 21.5. The largest absolute Gasteiger partial charge is 0.463 e. The van der Waals surface area contributed by atoms with Crippen molar-refractivity contribution in [1.29, 1.82) is 0 Å². The van der Waals surface area contributed by atoms with Crippen LogP contribution >= 0.6 is 0 Å². The minimum Gasteiger partial charge on any atom is -0.463 e. The van der Waals surface area contributed by atoms with Crippen molar-refractivity contribution < 1.29 is 14.3 Å². The summed E-state index contributed by atoms with van der Waals surface area (Å²) >= 11 is 0. The minimum absolute atomic E-state index is 0.0952. The molecule has 0 radical (unpaired) electrons. The Balaban J connectivity index is 1.55. The van der Waals surface area contributed by atoms with Gasteiger partial charge in [-0.15, -0.1) is 0 Å². The second-order valence-electron chi connectivity index (χ2n) is 12.7. The summed E-state index contributed by atoms with van der Waals surface area (Å²) in [6.07, 6.45) is 12.5. The lowest BCUT2D eigenvalue weighted by Gasteiger charge is -2.56. The third-order valence-corrected chi connectivity index (χ3v) is 10.3. The molecule has 0 amide bonds. The first-order valence-electron chi connectivity index (χ1n) is 13.5. The molecule has 4 rings (SSSR count). The lowest BCUT2D eigenvalue weighted by atomic mass is 9.48. The van der Waals surface area contributed by atoms with Gasteiger partial charge in [0.1, 0.15) is 6.10 Å². The van der Waals surface area contributed by atoms with Crippen LogP contribution in [-0.4, -0.2) is 17.9 Å². The molecule has 0 spiro atoms. The van der Waals surface area contributed by atoms with Crippen LogP contribution in [0, 0.1) is 40.4 Å². The summed E-state index contributed by atoms with van der Waals surface area (Å²) in [6, 6.07) is 0.